The molecule has 1 aromatic rings. The summed E-state index contributed by atoms with van der Waals surface area (Å²) in [6, 6.07) is 3.93. The zero-order chi connectivity index (χ0) is 14.1. The number of hydrogen-bond donors (Lipinski definition) is 3. The summed E-state index contributed by atoms with van der Waals surface area (Å²) >= 11 is 5.10. The van der Waals surface area contributed by atoms with Crippen molar-refractivity contribution in [3.8, 4) is 0 Å². The Labute approximate surface area is 118 Å². The standard InChI is InChI=1S/C12H19N5OS/c1-9(18-2)16-11(13)17-12(19)15-8-5-10-3-6-14-7-4-10/h3-4,6-7,9H,5,8H2,1-2H3,(H4,13,15,16,17,19). The summed E-state index contributed by atoms with van der Waals surface area (Å²) in [6.45, 7) is 2.50. The minimum atomic E-state index is -0.299. The molecule has 0 aromatic carbocycles. The lowest BCUT2D eigenvalue weighted by molar-refractivity contribution is 0.126. The summed E-state index contributed by atoms with van der Waals surface area (Å²) in [6.07, 6.45) is 4.09. The number of guanidine groups is 1. The largest absolute Gasteiger partial charge is 0.370 e. The lowest BCUT2D eigenvalue weighted by Gasteiger charge is -2.11. The van der Waals surface area contributed by atoms with E-state index in [0.29, 0.717) is 11.7 Å². The molecule has 6 nitrogen and oxygen atoms in total. The lowest BCUT2D eigenvalue weighted by atomic mass is 10.2. The van der Waals surface area contributed by atoms with Crippen molar-refractivity contribution < 1.29 is 4.74 Å². The topological polar surface area (TPSA) is 84.6 Å². The molecule has 0 spiro atoms. The van der Waals surface area contributed by atoms with Gasteiger partial charge in [-0.2, -0.15) is 0 Å². The smallest absolute Gasteiger partial charge is 0.197 e. The van der Waals surface area contributed by atoms with E-state index < -0.39 is 0 Å². The SMILES string of the molecule is COC(C)/N=C(\N)NC(=S)NCCc1ccncc1. The normalized spacial score (nSPS) is 12.8. The predicted octanol–water partition coefficient (Wildman–Crippen LogP) is 0.395. The maximum atomic E-state index is 5.66. The zero-order valence-corrected chi connectivity index (χ0v) is 11.9. The van der Waals surface area contributed by atoms with Gasteiger partial charge in [0.15, 0.2) is 11.1 Å². The van der Waals surface area contributed by atoms with E-state index in [2.05, 4.69) is 20.6 Å². The molecule has 1 rings (SSSR count). The minimum Gasteiger partial charge on any atom is -0.370 e. The molecule has 0 aliphatic rings. The fourth-order valence-corrected chi connectivity index (χ4v) is 1.52. The van der Waals surface area contributed by atoms with E-state index in [1.165, 1.54) is 5.56 Å². The van der Waals surface area contributed by atoms with E-state index >= 15 is 0 Å². The molecule has 0 saturated heterocycles. The van der Waals surface area contributed by atoms with Gasteiger partial charge in [0, 0.05) is 26.0 Å². The van der Waals surface area contributed by atoms with Crippen molar-refractivity contribution in [3.63, 3.8) is 0 Å². The first-order valence-electron chi connectivity index (χ1n) is 5.91. The molecule has 1 aromatic heterocycles. The second-order valence-corrected chi connectivity index (χ2v) is 4.24. The van der Waals surface area contributed by atoms with Gasteiger partial charge in [0.25, 0.3) is 0 Å². The molecule has 0 aliphatic heterocycles. The van der Waals surface area contributed by atoms with Crippen LogP contribution in [0, 0.1) is 0 Å². The van der Waals surface area contributed by atoms with Crippen molar-refractivity contribution in [2.75, 3.05) is 13.7 Å². The molecular weight excluding hydrogens is 262 g/mol. The molecule has 0 bridgehead atoms. The number of thiocarbonyl (C=S) groups is 1. The van der Waals surface area contributed by atoms with Crippen LogP contribution in [-0.2, 0) is 11.2 Å². The second kappa shape index (κ2) is 8.39. The molecule has 4 N–H and O–H groups in total. The first-order chi connectivity index (χ1) is 9.11. The number of nitrogens with zero attached hydrogens (tertiary/aromatic N) is 2. The molecule has 0 aliphatic carbocycles. The molecule has 7 heteroatoms. The molecule has 19 heavy (non-hydrogen) atoms. The van der Waals surface area contributed by atoms with Gasteiger partial charge < -0.3 is 21.1 Å². The Kier molecular flexibility index (Phi) is 6.76. The Bertz CT molecular complexity index is 423. The van der Waals surface area contributed by atoms with Crippen LogP contribution in [0.1, 0.15) is 12.5 Å². The third-order valence-corrected chi connectivity index (χ3v) is 2.60. The Morgan fingerprint density at radius 3 is 2.84 bits per heavy atom. The minimum absolute atomic E-state index is 0.232. The first-order valence-corrected chi connectivity index (χ1v) is 6.32. The van der Waals surface area contributed by atoms with E-state index in [9.17, 15) is 0 Å². The van der Waals surface area contributed by atoms with Crippen molar-refractivity contribution in [1.29, 1.82) is 0 Å². The highest BCUT2D eigenvalue weighted by Gasteiger charge is 2.00. The van der Waals surface area contributed by atoms with Crippen molar-refractivity contribution >= 4 is 23.3 Å². The van der Waals surface area contributed by atoms with Crippen LogP contribution in [0.3, 0.4) is 0 Å². The molecule has 104 valence electrons. The Morgan fingerprint density at radius 2 is 2.21 bits per heavy atom. The number of aliphatic imine (C=N–C) groups is 1. The highest BCUT2D eigenvalue weighted by atomic mass is 32.1. The summed E-state index contributed by atoms with van der Waals surface area (Å²) < 4.78 is 4.96. The van der Waals surface area contributed by atoms with E-state index in [0.717, 1.165) is 6.42 Å². The van der Waals surface area contributed by atoms with Gasteiger partial charge in [0.1, 0.15) is 6.23 Å². The lowest BCUT2D eigenvalue weighted by Crippen LogP contribution is -2.44. The quantitative estimate of drug-likeness (QED) is 0.411. The summed E-state index contributed by atoms with van der Waals surface area (Å²) in [4.78, 5) is 7.99. The number of methoxy groups -OCH3 is 1. The van der Waals surface area contributed by atoms with Gasteiger partial charge in [0.2, 0.25) is 0 Å². The monoisotopic (exact) mass is 281 g/mol. The number of ether oxygens (including phenoxy) is 1. The van der Waals surface area contributed by atoms with Gasteiger partial charge in [-0.25, -0.2) is 4.99 Å². The van der Waals surface area contributed by atoms with Crippen LogP contribution in [0.25, 0.3) is 0 Å². The highest BCUT2D eigenvalue weighted by Crippen LogP contribution is 1.95. The van der Waals surface area contributed by atoms with Crippen molar-refractivity contribution in [1.82, 2.24) is 15.6 Å². The van der Waals surface area contributed by atoms with Crippen molar-refractivity contribution in [2.45, 2.75) is 19.6 Å². The predicted molar refractivity (Wildman–Crippen MR) is 79.8 cm³/mol. The van der Waals surface area contributed by atoms with Gasteiger partial charge in [-0.15, -0.1) is 0 Å². The van der Waals surface area contributed by atoms with E-state index in [1.807, 2.05) is 12.1 Å². The molecule has 0 radical (unpaired) electrons. The average molecular weight is 281 g/mol. The average Bonchev–Trinajstić information content (AvgIpc) is 2.39. The second-order valence-electron chi connectivity index (χ2n) is 3.84. The summed E-state index contributed by atoms with van der Waals surface area (Å²) in [7, 11) is 1.56. The fraction of sp³-hybridized carbons (Fsp3) is 0.417. The van der Waals surface area contributed by atoms with Gasteiger partial charge in [-0.3, -0.25) is 4.98 Å². The van der Waals surface area contributed by atoms with Crippen LogP contribution in [-0.4, -0.2) is 35.9 Å². The van der Waals surface area contributed by atoms with Crippen molar-refractivity contribution in [2.24, 2.45) is 10.7 Å². The van der Waals surface area contributed by atoms with Gasteiger partial charge in [0.05, 0.1) is 0 Å². The zero-order valence-electron chi connectivity index (χ0n) is 11.1. The first kappa shape index (κ1) is 15.3. The summed E-state index contributed by atoms with van der Waals surface area (Å²) in [5.74, 6) is 0.232. The van der Waals surface area contributed by atoms with Gasteiger partial charge >= 0.3 is 0 Å². The van der Waals surface area contributed by atoms with Crippen molar-refractivity contribution in [3.05, 3.63) is 30.1 Å². The van der Waals surface area contributed by atoms with E-state index in [4.69, 9.17) is 22.7 Å². The third kappa shape index (κ3) is 6.68. The van der Waals surface area contributed by atoms with Gasteiger partial charge in [-0.1, -0.05) is 0 Å². The number of hydrogen-bond acceptors (Lipinski definition) is 4. The maximum Gasteiger partial charge on any atom is 0.197 e. The molecule has 1 unspecified atom stereocenters. The van der Waals surface area contributed by atoms with Crippen LogP contribution in [0.5, 0.6) is 0 Å². The molecule has 0 amide bonds. The Morgan fingerprint density at radius 1 is 1.53 bits per heavy atom. The molecular formula is C12H19N5OS. The Balaban J connectivity index is 2.26. The van der Waals surface area contributed by atoms with Crippen LogP contribution in [0.4, 0.5) is 0 Å². The number of nitrogens with two attached hydrogens (primary N) is 1. The summed E-state index contributed by atoms with van der Waals surface area (Å²) in [5.41, 5.74) is 6.85. The number of aromatic nitrogens is 1. The van der Waals surface area contributed by atoms with Gasteiger partial charge in [-0.05, 0) is 43.3 Å². The molecule has 1 atom stereocenters. The molecule has 0 saturated carbocycles. The fourth-order valence-electron chi connectivity index (χ4n) is 1.31. The number of nitrogens with one attached hydrogen (secondary N) is 2. The van der Waals surface area contributed by atoms with Crippen LogP contribution in [0.2, 0.25) is 0 Å². The number of rotatable bonds is 5. The summed E-state index contributed by atoms with van der Waals surface area (Å²) in [5, 5.41) is 6.28. The molecule has 1 heterocycles. The third-order valence-electron chi connectivity index (χ3n) is 2.35. The van der Waals surface area contributed by atoms with Crippen LogP contribution in [0.15, 0.2) is 29.5 Å². The maximum absolute atomic E-state index is 5.66. The highest BCUT2D eigenvalue weighted by molar-refractivity contribution is 7.80. The Hall–Kier alpha value is -1.73. The number of pyridine rings is 1. The van der Waals surface area contributed by atoms with Crippen LogP contribution >= 0.6 is 12.2 Å². The van der Waals surface area contributed by atoms with E-state index in [1.54, 1.807) is 26.4 Å². The van der Waals surface area contributed by atoms with Crippen LogP contribution < -0.4 is 16.4 Å². The van der Waals surface area contributed by atoms with E-state index in [-0.39, 0.29) is 12.2 Å². The molecule has 0 fully saturated rings.